The molecule has 0 saturated carbocycles. The Balaban J connectivity index is 1.45. The maximum atomic E-state index is 13.0. The molecule has 31 heavy (non-hydrogen) atoms. The van der Waals surface area contributed by atoms with Crippen LogP contribution in [-0.4, -0.2) is 60.7 Å². The molecule has 2 aromatic carbocycles. The Bertz CT molecular complexity index is 1190. The normalized spacial score (nSPS) is 18.1. The lowest BCUT2D eigenvalue weighted by atomic mass is 10.0. The van der Waals surface area contributed by atoms with Crippen molar-refractivity contribution in [2.24, 2.45) is 0 Å². The number of aromatic amines is 1. The van der Waals surface area contributed by atoms with Gasteiger partial charge in [0.05, 0.1) is 29.4 Å². The Morgan fingerprint density at radius 3 is 2.87 bits per heavy atom. The molecule has 0 aliphatic carbocycles. The average molecular weight is 416 g/mol. The first kappa shape index (κ1) is 19.5. The van der Waals surface area contributed by atoms with Gasteiger partial charge >= 0.3 is 0 Å². The van der Waals surface area contributed by atoms with Crippen LogP contribution in [-0.2, 0) is 0 Å². The van der Waals surface area contributed by atoms with Crippen molar-refractivity contribution in [1.29, 1.82) is 0 Å². The quantitative estimate of drug-likeness (QED) is 0.623. The van der Waals surface area contributed by atoms with Crippen LogP contribution >= 0.6 is 0 Å². The van der Waals surface area contributed by atoms with Crippen LogP contribution in [0.5, 0.6) is 11.5 Å². The third kappa shape index (κ3) is 3.73. The summed E-state index contributed by atoms with van der Waals surface area (Å²) in [5, 5.41) is 11.6. The molecule has 2 aliphatic rings. The standard InChI is InChI=1S/C24H24N4O3/c1-30-21-9-8-18-23(29)22(15-20-16-5-2-3-7-19(16)26-27-20)31-24(18)17(21)6-4-12-28-13-10-25-11-14-28/h2-9,15,25H,10-14H2,1H3,(H,26,27). The van der Waals surface area contributed by atoms with Gasteiger partial charge < -0.3 is 14.8 Å². The lowest BCUT2D eigenvalue weighted by Gasteiger charge is -2.25. The van der Waals surface area contributed by atoms with E-state index in [4.69, 9.17) is 9.47 Å². The molecule has 0 atom stereocenters. The predicted molar refractivity (Wildman–Crippen MR) is 120 cm³/mol. The van der Waals surface area contributed by atoms with Gasteiger partial charge in [-0.3, -0.25) is 14.8 Å². The molecular weight excluding hydrogens is 392 g/mol. The van der Waals surface area contributed by atoms with Crippen molar-refractivity contribution in [1.82, 2.24) is 20.4 Å². The Labute approximate surface area is 180 Å². The number of methoxy groups -OCH3 is 1. The number of allylic oxidation sites excluding steroid dienone is 1. The zero-order valence-corrected chi connectivity index (χ0v) is 17.4. The first-order chi connectivity index (χ1) is 15.2. The molecule has 1 aromatic heterocycles. The molecule has 0 amide bonds. The highest BCUT2D eigenvalue weighted by molar-refractivity contribution is 6.15. The van der Waals surface area contributed by atoms with Crippen molar-refractivity contribution in [3.05, 3.63) is 65.1 Å². The molecule has 3 aromatic rings. The van der Waals surface area contributed by atoms with E-state index in [-0.39, 0.29) is 11.5 Å². The number of H-pyrrole nitrogens is 1. The molecule has 7 heteroatoms. The van der Waals surface area contributed by atoms with Gasteiger partial charge in [0.1, 0.15) is 11.5 Å². The molecule has 5 rings (SSSR count). The van der Waals surface area contributed by atoms with E-state index in [1.165, 1.54) is 0 Å². The Morgan fingerprint density at radius 1 is 1.19 bits per heavy atom. The highest BCUT2D eigenvalue weighted by Crippen LogP contribution is 2.40. The van der Waals surface area contributed by atoms with E-state index in [1.807, 2.05) is 36.4 Å². The number of benzene rings is 2. The van der Waals surface area contributed by atoms with Gasteiger partial charge in [0.2, 0.25) is 5.78 Å². The molecule has 158 valence electrons. The van der Waals surface area contributed by atoms with Crippen LogP contribution in [0.4, 0.5) is 0 Å². The van der Waals surface area contributed by atoms with E-state index in [2.05, 4.69) is 26.5 Å². The number of carbonyl (C=O) groups is 1. The lowest BCUT2D eigenvalue weighted by Crippen LogP contribution is -2.43. The van der Waals surface area contributed by atoms with Gasteiger partial charge in [-0.1, -0.05) is 30.4 Å². The number of nitrogens with zero attached hydrogens (tertiary/aromatic N) is 2. The van der Waals surface area contributed by atoms with Crippen LogP contribution in [0.3, 0.4) is 0 Å². The zero-order chi connectivity index (χ0) is 21.2. The average Bonchev–Trinajstić information content (AvgIpc) is 3.36. The van der Waals surface area contributed by atoms with Gasteiger partial charge in [0.15, 0.2) is 5.76 Å². The number of ketones is 1. The maximum Gasteiger partial charge on any atom is 0.232 e. The summed E-state index contributed by atoms with van der Waals surface area (Å²) in [6.07, 6.45) is 5.78. The fraction of sp³-hybridized carbons (Fsp3) is 0.250. The number of nitrogens with one attached hydrogen (secondary N) is 2. The van der Waals surface area contributed by atoms with Gasteiger partial charge in [-0.2, -0.15) is 5.10 Å². The van der Waals surface area contributed by atoms with Crippen molar-refractivity contribution in [3.8, 4) is 11.5 Å². The van der Waals surface area contributed by atoms with Crippen LogP contribution < -0.4 is 14.8 Å². The zero-order valence-electron chi connectivity index (χ0n) is 17.4. The number of rotatable bonds is 5. The summed E-state index contributed by atoms with van der Waals surface area (Å²) in [4.78, 5) is 15.4. The van der Waals surface area contributed by atoms with E-state index < -0.39 is 0 Å². The van der Waals surface area contributed by atoms with Crippen LogP contribution in [0, 0.1) is 0 Å². The van der Waals surface area contributed by atoms with Crippen LogP contribution in [0.2, 0.25) is 0 Å². The topological polar surface area (TPSA) is 79.5 Å². The summed E-state index contributed by atoms with van der Waals surface area (Å²) in [5.41, 5.74) is 2.90. The van der Waals surface area contributed by atoms with Gasteiger partial charge in [-0.15, -0.1) is 0 Å². The molecule has 0 spiro atoms. The monoisotopic (exact) mass is 416 g/mol. The third-order valence-corrected chi connectivity index (χ3v) is 5.68. The first-order valence-corrected chi connectivity index (χ1v) is 10.4. The van der Waals surface area contributed by atoms with E-state index in [0.717, 1.165) is 49.2 Å². The molecule has 0 unspecified atom stereocenters. The molecule has 0 bridgehead atoms. The molecule has 3 heterocycles. The summed E-state index contributed by atoms with van der Waals surface area (Å²) >= 11 is 0. The van der Waals surface area contributed by atoms with Gasteiger partial charge in [-0.05, 0) is 18.2 Å². The van der Waals surface area contributed by atoms with Crippen molar-refractivity contribution < 1.29 is 14.3 Å². The van der Waals surface area contributed by atoms with Gasteiger partial charge in [0, 0.05) is 44.2 Å². The number of carbonyl (C=O) groups excluding carboxylic acids is 1. The van der Waals surface area contributed by atoms with E-state index in [1.54, 1.807) is 19.3 Å². The number of hydrogen-bond acceptors (Lipinski definition) is 6. The lowest BCUT2D eigenvalue weighted by molar-refractivity contribution is 0.101. The van der Waals surface area contributed by atoms with Gasteiger partial charge in [0.25, 0.3) is 0 Å². The number of ether oxygens (including phenoxy) is 2. The van der Waals surface area contributed by atoms with Crippen LogP contribution in [0.25, 0.3) is 23.1 Å². The van der Waals surface area contributed by atoms with E-state index >= 15 is 0 Å². The minimum Gasteiger partial charge on any atom is -0.496 e. The van der Waals surface area contributed by atoms with E-state index in [9.17, 15) is 4.79 Å². The molecule has 0 radical (unpaired) electrons. The smallest absolute Gasteiger partial charge is 0.232 e. The van der Waals surface area contributed by atoms with Crippen molar-refractivity contribution in [2.45, 2.75) is 0 Å². The SMILES string of the molecule is COc1ccc2c(c1C=CCN1CCNCC1)OC(=Cc1n[nH]c3ccccc13)C2=O. The largest absolute Gasteiger partial charge is 0.496 e. The predicted octanol–water partition coefficient (Wildman–Crippen LogP) is 3.11. The molecule has 2 N–H and O–H groups in total. The molecule has 2 aliphatic heterocycles. The third-order valence-electron chi connectivity index (χ3n) is 5.68. The first-order valence-electron chi connectivity index (χ1n) is 10.4. The fourth-order valence-corrected chi connectivity index (χ4v) is 4.02. The van der Waals surface area contributed by atoms with Crippen molar-refractivity contribution in [3.63, 3.8) is 0 Å². The molecule has 7 nitrogen and oxygen atoms in total. The summed E-state index contributed by atoms with van der Waals surface area (Å²) in [5.74, 6) is 1.32. The number of Topliss-reactive ketones (excluding diaryl/α,β-unsaturated/α-hetero) is 1. The van der Waals surface area contributed by atoms with Gasteiger partial charge in [-0.25, -0.2) is 0 Å². The number of piperazine rings is 1. The van der Waals surface area contributed by atoms with Crippen molar-refractivity contribution >= 4 is 28.8 Å². The molecular formula is C24H24N4O3. The summed E-state index contributed by atoms with van der Waals surface area (Å²) in [6, 6.07) is 11.4. The summed E-state index contributed by atoms with van der Waals surface area (Å²) < 4.78 is 11.6. The van der Waals surface area contributed by atoms with Crippen LogP contribution in [0.1, 0.15) is 21.6 Å². The highest BCUT2D eigenvalue weighted by Gasteiger charge is 2.31. The van der Waals surface area contributed by atoms with Crippen LogP contribution in [0.15, 0.2) is 48.2 Å². The van der Waals surface area contributed by atoms with E-state index in [0.29, 0.717) is 22.8 Å². The second-order valence-corrected chi connectivity index (χ2v) is 7.61. The number of fused-ring (bicyclic) bond motifs is 2. The Kier molecular flexibility index (Phi) is 5.28. The fourth-order valence-electron chi connectivity index (χ4n) is 4.02. The second-order valence-electron chi connectivity index (χ2n) is 7.61. The number of para-hydroxylation sites is 1. The Hall–Kier alpha value is -3.42. The molecule has 1 saturated heterocycles. The number of aromatic nitrogens is 2. The minimum atomic E-state index is -0.151. The second kappa shape index (κ2) is 8.37. The molecule has 1 fully saturated rings. The van der Waals surface area contributed by atoms with Crippen molar-refractivity contribution in [2.75, 3.05) is 39.8 Å². The summed E-state index contributed by atoms with van der Waals surface area (Å²) in [6.45, 7) is 4.89. The Morgan fingerprint density at radius 2 is 2.03 bits per heavy atom. The minimum absolute atomic E-state index is 0.151. The number of hydrogen-bond donors (Lipinski definition) is 2. The highest BCUT2D eigenvalue weighted by atomic mass is 16.5. The summed E-state index contributed by atoms with van der Waals surface area (Å²) in [7, 11) is 1.62. The maximum absolute atomic E-state index is 13.0.